The van der Waals surface area contributed by atoms with Gasteiger partial charge in [-0.3, -0.25) is 0 Å². The molecule has 7 heteroatoms. The third kappa shape index (κ3) is 7.83. The molecule has 0 amide bonds. The lowest BCUT2D eigenvalue weighted by Gasteiger charge is -2.05. The Morgan fingerprint density at radius 3 is 2.06 bits per heavy atom. The summed E-state index contributed by atoms with van der Waals surface area (Å²) >= 11 is 0. The van der Waals surface area contributed by atoms with E-state index in [9.17, 15) is 14.4 Å². The van der Waals surface area contributed by atoms with Gasteiger partial charge in [0.05, 0.1) is 6.61 Å². The topological polar surface area (TPSA) is 88.1 Å². The number of carbonyl (C=O) groups excluding carboxylic acids is 3. The monoisotopic (exact) mass is 246 g/mol. The van der Waals surface area contributed by atoms with E-state index < -0.39 is 18.3 Å². The first kappa shape index (κ1) is 14.9. The van der Waals surface area contributed by atoms with Gasteiger partial charge in [0.2, 0.25) is 0 Å². The van der Waals surface area contributed by atoms with Crippen molar-refractivity contribution < 1.29 is 33.3 Å². The molecule has 0 aliphatic heterocycles. The van der Waals surface area contributed by atoms with Crippen LogP contribution in [0.1, 0.15) is 13.8 Å². The van der Waals surface area contributed by atoms with E-state index in [-0.39, 0.29) is 25.4 Å². The molecule has 7 nitrogen and oxygen atoms in total. The molecular formula is C10H14O7. The lowest BCUT2D eigenvalue weighted by Crippen LogP contribution is -2.18. The van der Waals surface area contributed by atoms with E-state index in [0.717, 1.165) is 0 Å². The van der Waals surface area contributed by atoms with Crippen LogP contribution in [0.5, 0.6) is 0 Å². The molecule has 0 saturated carbocycles. The Bertz CT molecular complexity index is 308. The number of ether oxygens (including phenoxy) is 4. The van der Waals surface area contributed by atoms with Gasteiger partial charge in [0.25, 0.3) is 0 Å². The second-order valence-corrected chi connectivity index (χ2v) is 2.80. The summed E-state index contributed by atoms with van der Waals surface area (Å²) in [4.78, 5) is 32.3. The van der Waals surface area contributed by atoms with Crippen LogP contribution < -0.4 is 0 Å². The Balaban J connectivity index is 3.62. The first-order valence-electron chi connectivity index (χ1n) is 4.81. The standard InChI is InChI=1S/C10H14O7/c1-4-14-9(12)17-10(13)16-6-5-15-8(11)7(2)3/h2,4-6H2,1,3H3. The Kier molecular flexibility index (Phi) is 7.16. The highest BCUT2D eigenvalue weighted by Gasteiger charge is 2.12. The van der Waals surface area contributed by atoms with Crippen LogP contribution in [0.15, 0.2) is 12.2 Å². The fourth-order valence-electron chi connectivity index (χ4n) is 0.627. The highest BCUT2D eigenvalue weighted by molar-refractivity contribution is 5.86. The third-order valence-corrected chi connectivity index (χ3v) is 1.31. The Labute approximate surface area is 98.3 Å². The largest absolute Gasteiger partial charge is 0.518 e. The Hall–Kier alpha value is -2.05. The summed E-state index contributed by atoms with van der Waals surface area (Å²) in [6, 6.07) is 0. The zero-order valence-electron chi connectivity index (χ0n) is 9.69. The summed E-state index contributed by atoms with van der Waals surface area (Å²) in [5, 5.41) is 0. The zero-order chi connectivity index (χ0) is 13.3. The highest BCUT2D eigenvalue weighted by atomic mass is 16.8. The van der Waals surface area contributed by atoms with E-state index in [1.54, 1.807) is 6.92 Å². The van der Waals surface area contributed by atoms with E-state index in [1.165, 1.54) is 6.92 Å². The summed E-state index contributed by atoms with van der Waals surface area (Å²) in [6.07, 6.45) is -2.36. The van der Waals surface area contributed by atoms with Crippen molar-refractivity contribution in [2.24, 2.45) is 0 Å². The first-order chi connectivity index (χ1) is 7.97. The predicted molar refractivity (Wildman–Crippen MR) is 55.2 cm³/mol. The van der Waals surface area contributed by atoms with Crippen LogP contribution in [-0.2, 0) is 23.7 Å². The smallest absolute Gasteiger partial charge is 0.459 e. The molecule has 0 N–H and O–H groups in total. The SMILES string of the molecule is C=C(C)C(=O)OCCOC(=O)OC(=O)OCC. The van der Waals surface area contributed by atoms with E-state index in [2.05, 4.69) is 25.5 Å². The summed E-state index contributed by atoms with van der Waals surface area (Å²) < 4.78 is 17.4. The van der Waals surface area contributed by atoms with Crippen molar-refractivity contribution in [3.8, 4) is 0 Å². The minimum Gasteiger partial charge on any atom is -0.459 e. The molecule has 0 aromatic rings. The van der Waals surface area contributed by atoms with Crippen molar-refractivity contribution in [3.63, 3.8) is 0 Å². The molecular weight excluding hydrogens is 232 g/mol. The number of esters is 1. The van der Waals surface area contributed by atoms with Crippen LogP contribution in [0.3, 0.4) is 0 Å². The van der Waals surface area contributed by atoms with Crippen molar-refractivity contribution in [1.82, 2.24) is 0 Å². The van der Waals surface area contributed by atoms with Gasteiger partial charge in [0.15, 0.2) is 0 Å². The fourth-order valence-corrected chi connectivity index (χ4v) is 0.627. The zero-order valence-corrected chi connectivity index (χ0v) is 9.69. The maximum atomic E-state index is 10.9. The van der Waals surface area contributed by atoms with E-state index in [1.807, 2.05) is 0 Å². The van der Waals surface area contributed by atoms with Gasteiger partial charge in [-0.2, -0.15) is 0 Å². The van der Waals surface area contributed by atoms with Crippen molar-refractivity contribution in [2.45, 2.75) is 13.8 Å². The molecule has 0 rings (SSSR count). The molecule has 0 saturated heterocycles. The van der Waals surface area contributed by atoms with Gasteiger partial charge in [0, 0.05) is 5.57 Å². The van der Waals surface area contributed by atoms with E-state index in [4.69, 9.17) is 0 Å². The molecule has 0 heterocycles. The summed E-state index contributed by atoms with van der Waals surface area (Å²) in [5.41, 5.74) is 0.235. The van der Waals surface area contributed by atoms with Gasteiger partial charge < -0.3 is 18.9 Å². The van der Waals surface area contributed by atoms with Crippen molar-refractivity contribution in [1.29, 1.82) is 0 Å². The second-order valence-electron chi connectivity index (χ2n) is 2.80. The van der Waals surface area contributed by atoms with Crippen molar-refractivity contribution in [3.05, 3.63) is 12.2 Å². The number of rotatable bonds is 5. The lowest BCUT2D eigenvalue weighted by molar-refractivity contribution is -0.140. The maximum absolute atomic E-state index is 10.9. The van der Waals surface area contributed by atoms with Gasteiger partial charge in [-0.1, -0.05) is 6.58 Å². The quantitative estimate of drug-likeness (QED) is 0.238. The average Bonchev–Trinajstić information content (AvgIpc) is 2.24. The van der Waals surface area contributed by atoms with Crippen LogP contribution >= 0.6 is 0 Å². The Morgan fingerprint density at radius 2 is 1.53 bits per heavy atom. The lowest BCUT2D eigenvalue weighted by atomic mass is 10.4. The predicted octanol–water partition coefficient (Wildman–Crippen LogP) is 1.42. The minimum atomic E-state index is -1.21. The van der Waals surface area contributed by atoms with E-state index in [0.29, 0.717) is 0 Å². The van der Waals surface area contributed by atoms with Crippen LogP contribution in [0.25, 0.3) is 0 Å². The summed E-state index contributed by atoms with van der Waals surface area (Å²) in [7, 11) is 0. The van der Waals surface area contributed by atoms with Crippen LogP contribution in [0.4, 0.5) is 9.59 Å². The highest BCUT2D eigenvalue weighted by Crippen LogP contribution is 1.93. The van der Waals surface area contributed by atoms with Crippen LogP contribution in [0, 0.1) is 0 Å². The molecule has 0 bridgehead atoms. The van der Waals surface area contributed by atoms with Crippen LogP contribution in [0.2, 0.25) is 0 Å². The number of hydrogen-bond donors (Lipinski definition) is 0. The molecule has 0 atom stereocenters. The molecule has 0 aliphatic rings. The molecule has 0 spiro atoms. The van der Waals surface area contributed by atoms with Gasteiger partial charge in [-0.05, 0) is 13.8 Å². The molecule has 0 radical (unpaired) electrons. The average molecular weight is 246 g/mol. The van der Waals surface area contributed by atoms with Gasteiger partial charge in [-0.15, -0.1) is 0 Å². The van der Waals surface area contributed by atoms with E-state index >= 15 is 0 Å². The molecule has 0 aromatic carbocycles. The summed E-state index contributed by atoms with van der Waals surface area (Å²) in [5.74, 6) is -0.590. The molecule has 0 aromatic heterocycles. The number of carbonyl (C=O) groups is 3. The Morgan fingerprint density at radius 1 is 1.00 bits per heavy atom. The van der Waals surface area contributed by atoms with Gasteiger partial charge in [0.1, 0.15) is 13.2 Å². The molecule has 96 valence electrons. The maximum Gasteiger partial charge on any atom is 0.518 e. The van der Waals surface area contributed by atoms with Gasteiger partial charge >= 0.3 is 18.3 Å². The normalized spacial score (nSPS) is 9.06. The molecule has 0 unspecified atom stereocenters. The van der Waals surface area contributed by atoms with Crippen molar-refractivity contribution in [2.75, 3.05) is 19.8 Å². The molecule has 0 fully saturated rings. The third-order valence-electron chi connectivity index (χ3n) is 1.31. The summed E-state index contributed by atoms with van der Waals surface area (Å²) in [6.45, 7) is 6.12. The van der Waals surface area contributed by atoms with Crippen molar-refractivity contribution >= 4 is 18.3 Å². The van der Waals surface area contributed by atoms with Gasteiger partial charge in [-0.25, -0.2) is 14.4 Å². The second kappa shape index (κ2) is 8.14. The first-order valence-corrected chi connectivity index (χ1v) is 4.81. The molecule has 17 heavy (non-hydrogen) atoms. The fraction of sp³-hybridized carbons (Fsp3) is 0.500. The number of hydrogen-bond acceptors (Lipinski definition) is 7. The van der Waals surface area contributed by atoms with Crippen LogP contribution in [-0.4, -0.2) is 38.1 Å². The minimum absolute atomic E-state index is 0.0857. The molecule has 0 aliphatic carbocycles.